The molecule has 1 aliphatic carbocycles. The number of carboxylic acid groups (broad SMARTS) is 1. The summed E-state index contributed by atoms with van der Waals surface area (Å²) in [4.78, 5) is 36.2. The molecule has 7 rings (SSSR count). The third kappa shape index (κ3) is 6.09. The van der Waals surface area contributed by atoms with Crippen molar-refractivity contribution >= 4 is 34.6 Å². The Bertz CT molecular complexity index is 1890. The van der Waals surface area contributed by atoms with Crippen LogP contribution in [0.5, 0.6) is 5.75 Å². The van der Waals surface area contributed by atoms with Crippen molar-refractivity contribution in [1.29, 1.82) is 0 Å². The summed E-state index contributed by atoms with van der Waals surface area (Å²) in [6, 6.07) is 23.2. The minimum atomic E-state index is -1.02. The number of fused-ring (bicyclic) bond motifs is 1. The molecule has 1 amide bonds. The maximum Gasteiger partial charge on any atom is 0.337 e. The molecule has 3 aromatic carbocycles. The van der Waals surface area contributed by atoms with E-state index in [-0.39, 0.29) is 24.1 Å². The number of imidazole rings is 1. The van der Waals surface area contributed by atoms with E-state index in [1.54, 1.807) is 6.07 Å². The van der Waals surface area contributed by atoms with Gasteiger partial charge in [0.2, 0.25) is 0 Å². The number of rotatable bonds is 8. The molecule has 5 aromatic rings. The Labute approximate surface area is 272 Å². The number of carbonyl (C=O) groups excluding carboxylic acids is 1. The molecule has 46 heavy (non-hydrogen) atoms. The van der Waals surface area contributed by atoms with E-state index in [1.165, 1.54) is 12.6 Å². The summed E-state index contributed by atoms with van der Waals surface area (Å²) in [5.74, 6) is 0.502. The fourth-order valence-corrected chi connectivity index (χ4v) is 6.84. The van der Waals surface area contributed by atoms with Gasteiger partial charge in [0, 0.05) is 41.5 Å². The van der Waals surface area contributed by atoms with Crippen molar-refractivity contribution in [2.24, 2.45) is 0 Å². The maximum atomic E-state index is 13.2. The van der Waals surface area contributed by atoms with Crippen LogP contribution in [0, 0.1) is 0 Å². The minimum Gasteiger partial charge on any atom is -0.489 e. The van der Waals surface area contributed by atoms with Crippen molar-refractivity contribution in [3.8, 4) is 28.3 Å². The van der Waals surface area contributed by atoms with Crippen LogP contribution in [0.15, 0.2) is 79.0 Å². The molecule has 0 atom stereocenters. The van der Waals surface area contributed by atoms with Crippen LogP contribution in [0.25, 0.3) is 33.7 Å². The lowest BCUT2D eigenvalue weighted by Crippen LogP contribution is -2.27. The van der Waals surface area contributed by atoms with Gasteiger partial charge in [0.25, 0.3) is 5.91 Å². The van der Waals surface area contributed by atoms with Gasteiger partial charge in [-0.05, 0) is 97.0 Å². The highest BCUT2D eigenvalue weighted by Gasteiger charge is 2.24. The number of carboxylic acids is 1. The molecule has 0 spiro atoms. The molecule has 234 valence electrons. The summed E-state index contributed by atoms with van der Waals surface area (Å²) in [5, 5.41) is 10.2. The fraction of sp³-hybridized carbons (Fsp3) is 0.297. The molecule has 1 aliphatic heterocycles. The molecule has 0 unspecified atom stereocenters. The predicted molar refractivity (Wildman–Crippen MR) is 178 cm³/mol. The molecule has 1 N–H and O–H groups in total. The Morgan fingerprint density at radius 1 is 0.848 bits per heavy atom. The third-order valence-corrected chi connectivity index (χ3v) is 9.38. The first-order valence-corrected chi connectivity index (χ1v) is 16.3. The number of pyridine rings is 1. The molecule has 3 heterocycles. The Kier molecular flexibility index (Phi) is 8.45. The van der Waals surface area contributed by atoms with Crippen LogP contribution in [0.4, 0.5) is 0 Å². The van der Waals surface area contributed by atoms with Crippen molar-refractivity contribution < 1.29 is 19.4 Å². The molecular formula is C37H35ClN4O4. The first kappa shape index (κ1) is 30.0. The highest BCUT2D eigenvalue weighted by Crippen LogP contribution is 2.36. The number of aromatic carboxylic acids is 1. The van der Waals surface area contributed by atoms with Crippen molar-refractivity contribution in [1.82, 2.24) is 19.4 Å². The second-order valence-corrected chi connectivity index (χ2v) is 12.6. The minimum absolute atomic E-state index is 0.0524. The van der Waals surface area contributed by atoms with Crippen LogP contribution in [0.2, 0.25) is 5.02 Å². The molecular weight excluding hydrogens is 600 g/mol. The van der Waals surface area contributed by atoms with E-state index in [2.05, 4.69) is 9.55 Å². The number of likely N-dealkylation sites (tertiary alicyclic amines) is 1. The van der Waals surface area contributed by atoms with Gasteiger partial charge in [0.15, 0.2) is 5.65 Å². The second kappa shape index (κ2) is 13.0. The third-order valence-electron chi connectivity index (χ3n) is 9.12. The van der Waals surface area contributed by atoms with E-state index in [4.69, 9.17) is 21.3 Å². The van der Waals surface area contributed by atoms with Crippen molar-refractivity contribution in [3.63, 3.8) is 0 Å². The number of benzene rings is 3. The summed E-state index contributed by atoms with van der Waals surface area (Å²) in [5.41, 5.74) is 5.89. The fourth-order valence-electron chi connectivity index (χ4n) is 6.71. The zero-order chi connectivity index (χ0) is 31.6. The summed E-state index contributed by atoms with van der Waals surface area (Å²) in [6.07, 6.45) is 9.08. The Balaban J connectivity index is 1.17. The van der Waals surface area contributed by atoms with Crippen LogP contribution < -0.4 is 4.74 Å². The van der Waals surface area contributed by atoms with Gasteiger partial charge in [-0.25, -0.2) is 14.8 Å². The zero-order valence-corrected chi connectivity index (χ0v) is 26.2. The molecule has 2 fully saturated rings. The predicted octanol–water partition coefficient (Wildman–Crippen LogP) is 8.44. The molecule has 2 aliphatic rings. The quantitative estimate of drug-likeness (QED) is 0.184. The number of hydrogen-bond acceptors (Lipinski definition) is 5. The van der Waals surface area contributed by atoms with E-state index < -0.39 is 5.97 Å². The number of amides is 1. The smallest absolute Gasteiger partial charge is 0.337 e. The van der Waals surface area contributed by atoms with Gasteiger partial charge >= 0.3 is 5.97 Å². The van der Waals surface area contributed by atoms with Gasteiger partial charge < -0.3 is 19.3 Å². The average molecular weight is 635 g/mol. The zero-order valence-electron chi connectivity index (χ0n) is 25.5. The van der Waals surface area contributed by atoms with Crippen LogP contribution in [0.3, 0.4) is 0 Å². The number of nitrogens with zero attached hydrogens (tertiary/aromatic N) is 4. The van der Waals surface area contributed by atoms with Crippen LogP contribution in [0.1, 0.15) is 77.3 Å². The maximum absolute atomic E-state index is 13.2. The van der Waals surface area contributed by atoms with Gasteiger partial charge in [-0.2, -0.15) is 0 Å². The highest BCUT2D eigenvalue weighted by molar-refractivity contribution is 6.30. The Morgan fingerprint density at radius 2 is 1.57 bits per heavy atom. The molecule has 1 saturated carbocycles. The van der Waals surface area contributed by atoms with Crippen LogP contribution in [-0.4, -0.2) is 49.5 Å². The number of halogens is 1. The highest BCUT2D eigenvalue weighted by atomic mass is 35.5. The average Bonchev–Trinajstić information content (AvgIpc) is 3.77. The normalized spacial score (nSPS) is 15.4. The van der Waals surface area contributed by atoms with E-state index in [1.807, 2.05) is 71.6 Å². The van der Waals surface area contributed by atoms with Gasteiger partial charge in [0.1, 0.15) is 23.7 Å². The number of aromatic nitrogens is 3. The number of ether oxygens (including phenoxy) is 1. The molecule has 0 radical (unpaired) electrons. The van der Waals surface area contributed by atoms with E-state index in [0.29, 0.717) is 27.5 Å². The topological polar surface area (TPSA) is 97.5 Å². The SMILES string of the molecule is O=C(O)c1cnc2c(c1)nc(-c1ccc(OCc3cc(C(=O)N4CCCC4)ccc3-c3ccc(Cl)cc3)cc1)n2C1CCCCC1. The van der Waals surface area contributed by atoms with E-state index in [0.717, 1.165) is 79.7 Å². The first-order chi connectivity index (χ1) is 22.4. The lowest BCUT2D eigenvalue weighted by Gasteiger charge is -2.25. The molecule has 0 bridgehead atoms. The second-order valence-electron chi connectivity index (χ2n) is 12.2. The summed E-state index contributed by atoms with van der Waals surface area (Å²) in [6.45, 7) is 1.86. The van der Waals surface area contributed by atoms with E-state index >= 15 is 0 Å². The Morgan fingerprint density at radius 3 is 2.28 bits per heavy atom. The van der Waals surface area contributed by atoms with Gasteiger partial charge in [-0.1, -0.05) is 49.1 Å². The van der Waals surface area contributed by atoms with Crippen molar-refractivity contribution in [2.45, 2.75) is 57.6 Å². The largest absolute Gasteiger partial charge is 0.489 e. The van der Waals surface area contributed by atoms with Crippen molar-refractivity contribution in [3.05, 3.63) is 101 Å². The number of hydrogen-bond donors (Lipinski definition) is 1. The lowest BCUT2D eigenvalue weighted by molar-refractivity contribution is 0.0695. The lowest BCUT2D eigenvalue weighted by atomic mass is 9.95. The Hall–Kier alpha value is -4.69. The summed E-state index contributed by atoms with van der Waals surface area (Å²) in [7, 11) is 0. The molecule has 2 aromatic heterocycles. The van der Waals surface area contributed by atoms with Crippen molar-refractivity contribution in [2.75, 3.05) is 13.1 Å². The standard InChI is InChI=1S/C37H35ClN4O4/c38-29-13-8-24(9-14-29)32-17-12-26(36(43)41-18-4-5-19-41)20-28(32)23-46-31-15-10-25(11-16-31)34-40-33-21-27(37(44)45)22-39-35(33)42(34)30-6-2-1-3-7-30/h8-17,20-22,30H,1-7,18-19,23H2,(H,44,45). The monoisotopic (exact) mass is 634 g/mol. The first-order valence-electron chi connectivity index (χ1n) is 16.0. The van der Waals surface area contributed by atoms with Gasteiger partial charge in [0.05, 0.1) is 5.56 Å². The summed E-state index contributed by atoms with van der Waals surface area (Å²) < 4.78 is 8.51. The van der Waals surface area contributed by atoms with Gasteiger partial charge in [-0.15, -0.1) is 0 Å². The molecule has 9 heteroatoms. The number of carbonyl (C=O) groups is 2. The van der Waals surface area contributed by atoms with E-state index in [9.17, 15) is 14.7 Å². The summed E-state index contributed by atoms with van der Waals surface area (Å²) >= 11 is 6.16. The molecule has 8 nitrogen and oxygen atoms in total. The molecule has 1 saturated heterocycles. The van der Waals surface area contributed by atoms with Crippen LogP contribution in [-0.2, 0) is 6.61 Å². The van der Waals surface area contributed by atoms with Crippen LogP contribution >= 0.6 is 11.6 Å². The van der Waals surface area contributed by atoms with Gasteiger partial charge in [-0.3, -0.25) is 4.79 Å².